The average Bonchev–Trinajstić information content (AvgIpc) is 2.86. The van der Waals surface area contributed by atoms with E-state index in [-0.39, 0.29) is 12.5 Å². The highest BCUT2D eigenvalue weighted by molar-refractivity contribution is 5.74. The van der Waals surface area contributed by atoms with E-state index in [9.17, 15) is 14.4 Å². The van der Waals surface area contributed by atoms with E-state index in [0.29, 0.717) is 30.3 Å². The number of alkyl halides is 1. The van der Waals surface area contributed by atoms with E-state index in [4.69, 9.17) is 9.47 Å². The zero-order chi connectivity index (χ0) is 23.6. The van der Waals surface area contributed by atoms with Gasteiger partial charge in [0, 0.05) is 0 Å². The lowest BCUT2D eigenvalue weighted by Crippen LogP contribution is -2.28. The molecule has 1 fully saturated rings. The summed E-state index contributed by atoms with van der Waals surface area (Å²) in [6, 6.07) is 16.4. The molecule has 0 heterocycles. The number of esters is 1. The Hall–Kier alpha value is -2.87. The molecule has 1 saturated carbocycles. The van der Waals surface area contributed by atoms with Crippen LogP contribution in [0.4, 0.5) is 4.39 Å². The van der Waals surface area contributed by atoms with Crippen LogP contribution in [0.2, 0.25) is 0 Å². The van der Waals surface area contributed by atoms with Gasteiger partial charge in [0.1, 0.15) is 17.9 Å². The minimum absolute atomic E-state index is 0.175. The molecule has 1 atom stereocenters. The Bertz CT molecular complexity index is 943. The second-order valence-corrected chi connectivity index (χ2v) is 8.81. The molecule has 0 unspecified atom stereocenters. The van der Waals surface area contributed by atoms with Crippen LogP contribution >= 0.6 is 0 Å². The summed E-state index contributed by atoms with van der Waals surface area (Å²) < 4.78 is 25.0. The summed E-state index contributed by atoms with van der Waals surface area (Å²) in [6.07, 6.45) is 4.43. The summed E-state index contributed by atoms with van der Waals surface area (Å²) in [7, 11) is 0. The second-order valence-electron chi connectivity index (χ2n) is 8.81. The third kappa shape index (κ3) is 6.81. The van der Waals surface area contributed by atoms with Gasteiger partial charge in [-0.3, -0.25) is 0 Å². The molecule has 3 rings (SSSR count). The van der Waals surface area contributed by atoms with Crippen molar-refractivity contribution in [2.24, 2.45) is 0 Å². The Morgan fingerprint density at radius 2 is 1.76 bits per heavy atom. The molecule has 0 aromatic heterocycles. The van der Waals surface area contributed by atoms with Gasteiger partial charge in [-0.05, 0) is 73.3 Å². The molecule has 2 aromatic rings. The van der Waals surface area contributed by atoms with Crippen LogP contribution < -0.4 is 4.74 Å². The van der Waals surface area contributed by atoms with Crippen molar-refractivity contribution in [2.75, 3.05) is 6.61 Å². The van der Waals surface area contributed by atoms with Crippen molar-refractivity contribution < 1.29 is 18.7 Å². The Kier molecular flexibility index (Phi) is 9.30. The van der Waals surface area contributed by atoms with E-state index in [1.807, 2.05) is 32.0 Å². The summed E-state index contributed by atoms with van der Waals surface area (Å²) in [4.78, 5) is 11.9. The van der Waals surface area contributed by atoms with Gasteiger partial charge >= 0.3 is 5.97 Å². The topological polar surface area (TPSA) is 59.3 Å². The molecule has 0 saturated heterocycles. The number of hydrogen-bond donors (Lipinski definition) is 0. The highest BCUT2D eigenvalue weighted by atomic mass is 19.1. The maximum Gasteiger partial charge on any atom is 0.340 e. The maximum atomic E-state index is 13.9. The zero-order valence-electron chi connectivity index (χ0n) is 19.7. The molecule has 1 aliphatic carbocycles. The van der Waals surface area contributed by atoms with E-state index in [1.54, 1.807) is 0 Å². The molecule has 0 radical (unpaired) electrons. The number of benzene rings is 2. The highest BCUT2D eigenvalue weighted by Gasteiger charge is 2.27. The number of ether oxygens (including phenoxy) is 2. The smallest absolute Gasteiger partial charge is 0.340 e. The predicted molar refractivity (Wildman–Crippen MR) is 128 cm³/mol. The molecule has 33 heavy (non-hydrogen) atoms. The molecule has 176 valence electrons. The van der Waals surface area contributed by atoms with Crippen LogP contribution in [-0.2, 0) is 9.53 Å². The number of hydrogen-bond acceptors (Lipinski definition) is 4. The molecule has 0 bridgehead atoms. The van der Waals surface area contributed by atoms with Crippen molar-refractivity contribution in [2.45, 2.75) is 83.4 Å². The lowest BCUT2D eigenvalue weighted by Gasteiger charge is -2.29. The number of carbonyl (C=O) groups excluding carboxylic acids is 1. The van der Waals surface area contributed by atoms with Crippen LogP contribution in [0.15, 0.2) is 42.5 Å². The summed E-state index contributed by atoms with van der Waals surface area (Å²) in [5.41, 5.74) is 3.85. The first-order valence-electron chi connectivity index (χ1n) is 12.2. The quantitative estimate of drug-likeness (QED) is 0.361. The molecule has 0 N–H and O–H groups in total. The fourth-order valence-electron chi connectivity index (χ4n) is 4.34. The standard InChI is InChI=1S/C28H34FNO3/c1-3-5-6-26(29)28(31)33-25-14-11-21(12-15-25)20-7-9-22(10-8-20)23-13-16-27(32-17-4-2)24(18-23)19-30/h7-10,13,16,18,21,25-26H,3-6,11-12,14-15,17H2,1-2H3/t21-,25-,26-/m0/s1. The van der Waals surface area contributed by atoms with Gasteiger partial charge in [-0.15, -0.1) is 0 Å². The van der Waals surface area contributed by atoms with Crippen LogP contribution in [-0.4, -0.2) is 24.9 Å². The zero-order valence-corrected chi connectivity index (χ0v) is 19.7. The molecule has 5 heteroatoms. The molecular weight excluding hydrogens is 417 g/mol. The van der Waals surface area contributed by atoms with Gasteiger partial charge in [0.2, 0.25) is 0 Å². The van der Waals surface area contributed by atoms with E-state index in [0.717, 1.165) is 49.7 Å². The van der Waals surface area contributed by atoms with Crippen LogP contribution in [0.1, 0.15) is 82.3 Å². The van der Waals surface area contributed by atoms with Gasteiger partial charge in [-0.25, -0.2) is 9.18 Å². The van der Waals surface area contributed by atoms with Crippen molar-refractivity contribution >= 4 is 5.97 Å². The number of carbonyl (C=O) groups is 1. The lowest BCUT2D eigenvalue weighted by molar-refractivity contribution is -0.157. The SMILES string of the molecule is CCCC[C@H](F)C(=O)O[C@H]1CC[C@H](c2ccc(-c3ccc(OCCC)c(C#N)c3)cc2)CC1. The van der Waals surface area contributed by atoms with E-state index in [1.165, 1.54) is 5.56 Å². The minimum atomic E-state index is -1.50. The number of rotatable bonds is 10. The molecule has 0 aliphatic heterocycles. The van der Waals surface area contributed by atoms with Crippen LogP contribution in [0.25, 0.3) is 11.1 Å². The van der Waals surface area contributed by atoms with Crippen molar-refractivity contribution in [3.8, 4) is 22.9 Å². The summed E-state index contributed by atoms with van der Waals surface area (Å²) in [6.45, 7) is 4.61. The van der Waals surface area contributed by atoms with Crippen molar-refractivity contribution in [1.82, 2.24) is 0 Å². The molecule has 0 spiro atoms. The van der Waals surface area contributed by atoms with Gasteiger partial charge in [-0.2, -0.15) is 5.26 Å². The molecule has 0 amide bonds. The summed E-state index contributed by atoms with van der Waals surface area (Å²) >= 11 is 0. The summed E-state index contributed by atoms with van der Waals surface area (Å²) in [5, 5.41) is 9.47. The fraction of sp³-hybridized carbons (Fsp3) is 0.500. The first kappa shape index (κ1) is 24.8. The van der Waals surface area contributed by atoms with Crippen LogP contribution in [0.5, 0.6) is 5.75 Å². The Balaban J connectivity index is 1.56. The van der Waals surface area contributed by atoms with Gasteiger partial charge in [-0.1, -0.05) is 57.0 Å². The van der Waals surface area contributed by atoms with Crippen LogP contribution in [0.3, 0.4) is 0 Å². The molecular formula is C28H34FNO3. The molecule has 2 aromatic carbocycles. The first-order chi connectivity index (χ1) is 16.0. The van der Waals surface area contributed by atoms with Crippen molar-refractivity contribution in [1.29, 1.82) is 5.26 Å². The lowest BCUT2D eigenvalue weighted by atomic mass is 9.82. The third-order valence-corrected chi connectivity index (χ3v) is 6.30. The van der Waals surface area contributed by atoms with Gasteiger partial charge in [0.05, 0.1) is 12.2 Å². The number of nitriles is 1. The Morgan fingerprint density at radius 1 is 1.06 bits per heavy atom. The number of halogens is 1. The monoisotopic (exact) mass is 451 g/mol. The largest absolute Gasteiger partial charge is 0.492 e. The number of nitrogens with zero attached hydrogens (tertiary/aromatic N) is 1. The predicted octanol–water partition coefficient (Wildman–Crippen LogP) is 7.11. The van der Waals surface area contributed by atoms with E-state index >= 15 is 0 Å². The normalized spacial score (nSPS) is 18.8. The van der Waals surface area contributed by atoms with Gasteiger partial charge in [0.15, 0.2) is 6.17 Å². The van der Waals surface area contributed by atoms with Crippen molar-refractivity contribution in [3.05, 3.63) is 53.6 Å². The highest BCUT2D eigenvalue weighted by Crippen LogP contribution is 2.35. The van der Waals surface area contributed by atoms with Gasteiger partial charge < -0.3 is 9.47 Å². The molecule has 1 aliphatic rings. The second kappa shape index (κ2) is 12.4. The van der Waals surface area contributed by atoms with E-state index in [2.05, 4.69) is 30.3 Å². The Morgan fingerprint density at radius 3 is 2.39 bits per heavy atom. The number of unbranched alkanes of at least 4 members (excludes halogenated alkanes) is 1. The van der Waals surface area contributed by atoms with Gasteiger partial charge in [0.25, 0.3) is 0 Å². The average molecular weight is 452 g/mol. The third-order valence-electron chi connectivity index (χ3n) is 6.30. The first-order valence-corrected chi connectivity index (χ1v) is 12.2. The minimum Gasteiger partial charge on any atom is -0.492 e. The van der Waals surface area contributed by atoms with Crippen molar-refractivity contribution in [3.63, 3.8) is 0 Å². The van der Waals surface area contributed by atoms with E-state index < -0.39 is 12.1 Å². The summed E-state index contributed by atoms with van der Waals surface area (Å²) in [5.74, 6) is 0.343. The molecule has 4 nitrogen and oxygen atoms in total. The fourth-order valence-corrected chi connectivity index (χ4v) is 4.34. The Labute approximate surface area is 196 Å². The maximum absolute atomic E-state index is 13.9. The van der Waals surface area contributed by atoms with Crippen LogP contribution in [0, 0.1) is 11.3 Å².